The second kappa shape index (κ2) is 20.1. The molecule has 0 radical (unpaired) electrons. The second-order valence-electron chi connectivity index (χ2n) is 9.73. The van der Waals surface area contributed by atoms with Gasteiger partial charge in [-0.1, -0.05) is 109 Å². The number of hydrogen-bond donors (Lipinski definition) is 0. The van der Waals surface area contributed by atoms with Crippen LogP contribution in [0.4, 0.5) is 0 Å². The Morgan fingerprint density at radius 1 is 0.750 bits per heavy atom. The van der Waals surface area contributed by atoms with Gasteiger partial charge in [0.15, 0.2) is 5.78 Å². The molecule has 0 saturated heterocycles. The predicted molar refractivity (Wildman–Crippen MR) is 158 cm³/mol. The topological polar surface area (TPSA) is 26.3 Å². The molecule has 0 N–H and O–H groups in total. The first-order valence-electron chi connectivity index (χ1n) is 14.4. The third-order valence-electron chi connectivity index (χ3n) is 6.41. The molecule has 0 aliphatic carbocycles. The molecule has 2 aromatic rings. The summed E-state index contributed by atoms with van der Waals surface area (Å²) in [6, 6.07) is 15.9. The van der Waals surface area contributed by atoms with Crippen molar-refractivity contribution in [2.45, 2.75) is 109 Å². The number of rotatable bonds is 21. The molecule has 0 heterocycles. The van der Waals surface area contributed by atoms with Gasteiger partial charge in [0.25, 0.3) is 0 Å². The van der Waals surface area contributed by atoms with E-state index in [-0.39, 0.29) is 5.78 Å². The van der Waals surface area contributed by atoms with Gasteiger partial charge in [0, 0.05) is 10.5 Å². The fourth-order valence-electron chi connectivity index (χ4n) is 4.22. The van der Waals surface area contributed by atoms with Crippen molar-refractivity contribution in [2.24, 2.45) is 0 Å². The molecule has 0 aliphatic heterocycles. The highest BCUT2D eigenvalue weighted by Gasteiger charge is 2.03. The monoisotopic (exact) mass is 508 g/mol. The van der Waals surface area contributed by atoms with Gasteiger partial charge in [-0.15, -0.1) is 11.8 Å². The summed E-state index contributed by atoms with van der Waals surface area (Å²) in [6.07, 6.45) is 22.3. The Morgan fingerprint density at radius 2 is 1.36 bits per heavy atom. The third kappa shape index (κ3) is 13.9. The van der Waals surface area contributed by atoms with E-state index in [0.717, 1.165) is 42.1 Å². The minimum atomic E-state index is 0.0281. The van der Waals surface area contributed by atoms with E-state index in [2.05, 4.69) is 13.8 Å². The number of benzene rings is 2. The lowest BCUT2D eigenvalue weighted by Gasteiger charge is -2.07. The number of unbranched alkanes of at least 4 members (excludes halogenated alkanes) is 12. The van der Waals surface area contributed by atoms with Crippen molar-refractivity contribution in [1.82, 2.24) is 0 Å². The minimum Gasteiger partial charge on any atom is -0.494 e. The normalized spacial score (nSPS) is 11.3. The number of carbonyl (C=O) groups excluding carboxylic acids is 1. The molecule has 3 heteroatoms. The highest BCUT2D eigenvalue weighted by Crippen LogP contribution is 2.20. The number of hydrogen-bond acceptors (Lipinski definition) is 3. The first-order chi connectivity index (χ1) is 17.7. The molecule has 2 rings (SSSR count). The van der Waals surface area contributed by atoms with E-state index in [0.29, 0.717) is 0 Å². The molecule has 36 heavy (non-hydrogen) atoms. The number of thioether (sulfide) groups is 1. The van der Waals surface area contributed by atoms with Gasteiger partial charge in [-0.25, -0.2) is 0 Å². The molecule has 0 unspecified atom stereocenters. The van der Waals surface area contributed by atoms with Crippen LogP contribution in [0.1, 0.15) is 120 Å². The van der Waals surface area contributed by atoms with E-state index < -0.39 is 0 Å². The fraction of sp³-hybridized carbons (Fsp3) is 0.545. The van der Waals surface area contributed by atoms with Crippen molar-refractivity contribution < 1.29 is 9.53 Å². The van der Waals surface area contributed by atoms with Crippen LogP contribution in [0.15, 0.2) is 59.5 Å². The summed E-state index contributed by atoms with van der Waals surface area (Å²) in [5, 5.41) is 0. The van der Waals surface area contributed by atoms with Gasteiger partial charge in [0.2, 0.25) is 0 Å². The largest absolute Gasteiger partial charge is 0.494 e. The molecule has 0 aliphatic rings. The van der Waals surface area contributed by atoms with E-state index in [9.17, 15) is 4.79 Å². The van der Waals surface area contributed by atoms with Crippen LogP contribution in [-0.4, -0.2) is 18.1 Å². The maximum absolute atomic E-state index is 12.5. The summed E-state index contributed by atoms with van der Waals surface area (Å²) in [4.78, 5) is 13.7. The zero-order valence-corrected chi connectivity index (χ0v) is 23.6. The zero-order valence-electron chi connectivity index (χ0n) is 22.8. The maximum Gasteiger partial charge on any atom is 0.185 e. The first-order valence-corrected chi connectivity index (χ1v) is 15.4. The van der Waals surface area contributed by atoms with Crippen molar-refractivity contribution >= 4 is 23.6 Å². The highest BCUT2D eigenvalue weighted by molar-refractivity contribution is 7.99. The molecule has 2 nitrogen and oxygen atoms in total. The van der Waals surface area contributed by atoms with Crippen molar-refractivity contribution in [2.75, 3.05) is 12.4 Å². The van der Waals surface area contributed by atoms with Crippen LogP contribution < -0.4 is 4.74 Å². The molecule has 0 saturated carbocycles. The number of allylic oxidation sites excluding steroid dienone is 1. The Kier molecular flexibility index (Phi) is 16.9. The molecule has 198 valence electrons. The molecular weight excluding hydrogens is 460 g/mol. The van der Waals surface area contributed by atoms with Crippen LogP contribution in [0, 0.1) is 0 Å². The summed E-state index contributed by atoms with van der Waals surface area (Å²) < 4.78 is 5.96. The fourth-order valence-corrected chi connectivity index (χ4v) is 4.99. The second-order valence-corrected chi connectivity index (χ2v) is 10.9. The SMILES string of the molecule is CCCCCCCCCCCCCCCOc1cccc(C=CC(=O)c2ccc(SCCC)cc2)c1. The summed E-state index contributed by atoms with van der Waals surface area (Å²) in [5.74, 6) is 2.01. The Balaban J connectivity index is 1.57. The molecule has 2 aromatic carbocycles. The Hall–Kier alpha value is -2.00. The average molecular weight is 509 g/mol. The van der Waals surface area contributed by atoms with Crippen LogP contribution in [0.3, 0.4) is 0 Å². The van der Waals surface area contributed by atoms with Gasteiger partial charge in [-0.3, -0.25) is 4.79 Å². The molecule has 0 amide bonds. The molecule has 0 atom stereocenters. The Labute approximate surface area is 225 Å². The van der Waals surface area contributed by atoms with Gasteiger partial charge in [-0.2, -0.15) is 0 Å². The number of ketones is 1. The van der Waals surface area contributed by atoms with Crippen LogP contribution >= 0.6 is 11.8 Å². The van der Waals surface area contributed by atoms with Gasteiger partial charge in [-0.05, 0) is 66.6 Å². The Bertz CT molecular complexity index is 856. The van der Waals surface area contributed by atoms with Crippen LogP contribution in [0.5, 0.6) is 5.75 Å². The summed E-state index contributed by atoms with van der Waals surface area (Å²) in [5.41, 5.74) is 1.71. The van der Waals surface area contributed by atoms with Gasteiger partial charge in [0.05, 0.1) is 6.61 Å². The van der Waals surface area contributed by atoms with Crippen LogP contribution in [0.2, 0.25) is 0 Å². The lowest BCUT2D eigenvalue weighted by Crippen LogP contribution is -1.97. The summed E-state index contributed by atoms with van der Waals surface area (Å²) in [7, 11) is 0. The Morgan fingerprint density at radius 3 is 1.97 bits per heavy atom. The van der Waals surface area contributed by atoms with E-state index in [1.165, 1.54) is 81.9 Å². The van der Waals surface area contributed by atoms with Gasteiger partial charge in [0.1, 0.15) is 5.75 Å². The van der Waals surface area contributed by atoms with E-state index in [4.69, 9.17) is 4.74 Å². The average Bonchev–Trinajstić information content (AvgIpc) is 2.91. The maximum atomic E-state index is 12.5. The number of carbonyl (C=O) groups is 1. The molecular formula is C33H48O2S. The first kappa shape index (κ1) is 30.2. The van der Waals surface area contributed by atoms with Crippen molar-refractivity contribution in [3.63, 3.8) is 0 Å². The van der Waals surface area contributed by atoms with E-state index >= 15 is 0 Å². The highest BCUT2D eigenvalue weighted by atomic mass is 32.2. The summed E-state index contributed by atoms with van der Waals surface area (Å²) >= 11 is 1.83. The molecule has 0 fully saturated rings. The van der Waals surface area contributed by atoms with E-state index in [1.54, 1.807) is 6.08 Å². The minimum absolute atomic E-state index is 0.0281. The van der Waals surface area contributed by atoms with Crippen molar-refractivity contribution in [3.8, 4) is 5.75 Å². The zero-order chi connectivity index (χ0) is 25.7. The standard InChI is InChI=1S/C33H48O2S/c1-3-5-6-7-8-9-10-11-12-13-14-15-16-26-35-31-19-17-18-29(28-31)20-25-33(34)30-21-23-32(24-22-30)36-27-4-2/h17-25,28H,3-16,26-27H2,1-2H3. The molecule has 0 spiro atoms. The third-order valence-corrected chi connectivity index (χ3v) is 7.63. The molecule has 0 aromatic heterocycles. The van der Waals surface area contributed by atoms with E-state index in [1.807, 2.05) is 66.4 Å². The lowest BCUT2D eigenvalue weighted by molar-refractivity contribution is 0.104. The number of ether oxygens (including phenoxy) is 1. The van der Waals surface area contributed by atoms with Crippen molar-refractivity contribution in [1.29, 1.82) is 0 Å². The van der Waals surface area contributed by atoms with Gasteiger partial charge >= 0.3 is 0 Å². The smallest absolute Gasteiger partial charge is 0.185 e. The van der Waals surface area contributed by atoms with Crippen molar-refractivity contribution in [3.05, 3.63) is 65.7 Å². The van der Waals surface area contributed by atoms with Gasteiger partial charge < -0.3 is 4.74 Å². The predicted octanol–water partition coefficient (Wildman–Crippen LogP) is 10.6. The van der Waals surface area contributed by atoms with Crippen LogP contribution in [0.25, 0.3) is 6.08 Å². The lowest BCUT2D eigenvalue weighted by atomic mass is 10.0. The quantitative estimate of drug-likeness (QED) is 0.0726. The van der Waals surface area contributed by atoms with Crippen LogP contribution in [-0.2, 0) is 0 Å². The summed E-state index contributed by atoms with van der Waals surface area (Å²) in [6.45, 7) is 5.21. The molecule has 0 bridgehead atoms.